The van der Waals surface area contributed by atoms with Gasteiger partial charge in [0, 0.05) is 34.8 Å². The van der Waals surface area contributed by atoms with E-state index in [0.29, 0.717) is 63.3 Å². The van der Waals surface area contributed by atoms with Gasteiger partial charge in [-0.05, 0) is 67.6 Å². The summed E-state index contributed by atoms with van der Waals surface area (Å²) in [7, 11) is 0.0970. The van der Waals surface area contributed by atoms with Gasteiger partial charge in [0.25, 0.3) is 0 Å². The third kappa shape index (κ3) is 8.88. The number of halogens is 2. The van der Waals surface area contributed by atoms with E-state index in [4.69, 9.17) is 21.1 Å². The number of unbranched alkanes of at least 4 members (excludes halogenated alkanes) is 1. The molecule has 2 heterocycles. The van der Waals surface area contributed by atoms with Gasteiger partial charge in [0.15, 0.2) is 0 Å². The zero-order valence-electron chi connectivity index (χ0n) is 24.5. The van der Waals surface area contributed by atoms with Crippen molar-refractivity contribution < 1.29 is 22.3 Å². The molecule has 236 valence electrons. The van der Waals surface area contributed by atoms with Crippen LogP contribution in [0.5, 0.6) is 11.5 Å². The third-order valence-electron chi connectivity index (χ3n) is 7.11. The zero-order chi connectivity index (χ0) is 31.8. The van der Waals surface area contributed by atoms with Crippen LogP contribution < -0.4 is 19.5 Å². The van der Waals surface area contributed by atoms with Crippen LogP contribution in [-0.2, 0) is 16.6 Å². The van der Waals surface area contributed by atoms with Crippen LogP contribution >= 0.6 is 33.2 Å². The average molecular weight is 687 g/mol. The summed E-state index contributed by atoms with van der Waals surface area (Å²) in [4.78, 5) is 4.43. The van der Waals surface area contributed by atoms with Gasteiger partial charge in [-0.15, -0.1) is 0 Å². The average Bonchev–Trinajstić information content (AvgIpc) is 3.53. The topological polar surface area (TPSA) is 113 Å². The van der Waals surface area contributed by atoms with E-state index >= 15 is 0 Å². The Hall–Kier alpha value is -3.37. The fraction of sp³-hybridized carbons (Fsp3) is 0.312. The van der Waals surface area contributed by atoms with Crippen molar-refractivity contribution in [3.8, 4) is 17.6 Å². The molecule has 0 amide bonds. The molecule has 0 spiro atoms. The molecule has 5 rings (SSSR count). The van der Waals surface area contributed by atoms with E-state index in [2.05, 4.69) is 21.1 Å². The first-order chi connectivity index (χ1) is 21.7. The highest BCUT2D eigenvalue weighted by atomic mass is 35.5. The number of anilines is 3. The molecule has 0 aliphatic carbocycles. The van der Waals surface area contributed by atoms with Crippen molar-refractivity contribution in [3.63, 3.8) is 0 Å². The van der Waals surface area contributed by atoms with E-state index in [9.17, 15) is 18.1 Å². The quantitative estimate of drug-likeness (QED) is 0.0995. The maximum atomic E-state index is 13.5. The van der Waals surface area contributed by atoms with E-state index in [1.165, 1.54) is 18.3 Å². The van der Waals surface area contributed by atoms with Gasteiger partial charge >= 0.3 is 0 Å². The summed E-state index contributed by atoms with van der Waals surface area (Å²) in [6.45, 7) is 2.28. The third-order valence-corrected chi connectivity index (χ3v) is 11.5. The number of hydrogen-bond acceptors (Lipinski definition) is 9. The SMILES string of the molecule is CCOc1cc2ncc(C#N)c(Nc3ccc(OCc4cccc(F)c4)c(Cl)c3)c2cc1NS(=O)(=O)CCCCC1CSSC1. The zero-order valence-corrected chi connectivity index (χ0v) is 27.7. The fourth-order valence-corrected chi connectivity index (χ4v) is 9.31. The highest BCUT2D eigenvalue weighted by Crippen LogP contribution is 2.39. The van der Waals surface area contributed by atoms with Crippen LogP contribution in [0.2, 0.25) is 5.02 Å². The molecule has 45 heavy (non-hydrogen) atoms. The second-order valence-corrected chi connectivity index (χ2v) is 15.3. The molecule has 0 radical (unpaired) electrons. The number of nitrogens with zero attached hydrogens (tertiary/aromatic N) is 2. The Bertz CT molecular complexity index is 1810. The molecule has 0 bridgehead atoms. The molecule has 8 nitrogen and oxygen atoms in total. The number of aromatic nitrogens is 1. The summed E-state index contributed by atoms with van der Waals surface area (Å²) in [6.07, 6.45) is 3.89. The Morgan fingerprint density at radius 3 is 2.64 bits per heavy atom. The normalized spacial score (nSPS) is 13.5. The molecule has 4 aromatic rings. The number of nitrogens with one attached hydrogen (secondary N) is 2. The molecule has 1 aromatic heterocycles. The van der Waals surface area contributed by atoms with E-state index in [-0.39, 0.29) is 29.4 Å². The van der Waals surface area contributed by atoms with Crippen LogP contribution in [0.1, 0.15) is 37.3 Å². The van der Waals surface area contributed by atoms with Crippen LogP contribution in [-0.4, -0.2) is 37.3 Å². The van der Waals surface area contributed by atoms with Gasteiger partial charge in [-0.25, -0.2) is 12.8 Å². The van der Waals surface area contributed by atoms with Crippen molar-refractivity contribution in [2.45, 2.75) is 32.8 Å². The van der Waals surface area contributed by atoms with E-state index < -0.39 is 10.0 Å². The van der Waals surface area contributed by atoms with Crippen LogP contribution in [0.3, 0.4) is 0 Å². The number of ether oxygens (including phenoxy) is 2. The lowest BCUT2D eigenvalue weighted by Gasteiger charge is -2.17. The molecular weight excluding hydrogens is 655 g/mol. The molecule has 0 unspecified atom stereocenters. The van der Waals surface area contributed by atoms with Gasteiger partial charge in [-0.1, -0.05) is 51.7 Å². The Kier molecular flexibility index (Phi) is 11.2. The fourth-order valence-electron chi connectivity index (χ4n) is 4.87. The van der Waals surface area contributed by atoms with Crippen molar-refractivity contribution in [2.24, 2.45) is 5.92 Å². The molecule has 1 aliphatic heterocycles. The Morgan fingerprint density at radius 1 is 1.09 bits per heavy atom. The summed E-state index contributed by atoms with van der Waals surface area (Å²) in [6, 6.07) is 16.6. The lowest BCUT2D eigenvalue weighted by Crippen LogP contribution is -2.18. The first-order valence-electron chi connectivity index (χ1n) is 14.4. The molecule has 2 N–H and O–H groups in total. The van der Waals surface area contributed by atoms with E-state index in [0.717, 1.165) is 24.3 Å². The smallest absolute Gasteiger partial charge is 0.232 e. The van der Waals surface area contributed by atoms with Crippen molar-refractivity contribution in [1.29, 1.82) is 5.26 Å². The van der Waals surface area contributed by atoms with E-state index in [1.54, 1.807) is 42.5 Å². The van der Waals surface area contributed by atoms with Gasteiger partial charge in [-0.2, -0.15) is 5.26 Å². The van der Waals surface area contributed by atoms with Gasteiger partial charge in [0.2, 0.25) is 10.0 Å². The van der Waals surface area contributed by atoms with Crippen LogP contribution in [0, 0.1) is 23.1 Å². The molecule has 1 saturated heterocycles. The number of benzene rings is 3. The van der Waals surface area contributed by atoms with Crippen molar-refractivity contribution >= 4 is 71.2 Å². The Morgan fingerprint density at radius 2 is 1.91 bits per heavy atom. The number of hydrogen-bond donors (Lipinski definition) is 2. The maximum Gasteiger partial charge on any atom is 0.232 e. The first-order valence-corrected chi connectivity index (χ1v) is 18.9. The van der Waals surface area contributed by atoms with Gasteiger partial charge in [-0.3, -0.25) is 9.71 Å². The van der Waals surface area contributed by atoms with Crippen LogP contribution in [0.15, 0.2) is 60.8 Å². The summed E-state index contributed by atoms with van der Waals surface area (Å²) in [5.74, 6) is 3.30. The summed E-state index contributed by atoms with van der Waals surface area (Å²) in [5.41, 5.74) is 2.70. The number of sulfonamides is 1. The minimum absolute atomic E-state index is 0.00265. The minimum atomic E-state index is -3.66. The second-order valence-electron chi connectivity index (χ2n) is 10.5. The first kappa shape index (κ1) is 33.0. The summed E-state index contributed by atoms with van der Waals surface area (Å²) in [5, 5.41) is 14.0. The van der Waals surface area contributed by atoms with Crippen LogP contribution in [0.4, 0.5) is 21.5 Å². The molecule has 0 atom stereocenters. The Balaban J connectivity index is 1.37. The van der Waals surface area contributed by atoms with Crippen molar-refractivity contribution in [3.05, 3.63) is 82.8 Å². The number of rotatable bonds is 14. The van der Waals surface area contributed by atoms with E-state index in [1.807, 2.05) is 28.5 Å². The molecule has 1 fully saturated rings. The molecule has 1 aliphatic rings. The maximum absolute atomic E-state index is 13.5. The number of pyridine rings is 1. The molecule has 3 aromatic carbocycles. The lowest BCUT2D eigenvalue weighted by molar-refractivity contribution is 0.306. The standard InChI is InChI=1S/C32H32ClFN4O4S3/c1-2-41-31-15-28-26(14-29(31)38-45(39,40)11-4-3-6-22-19-43-44-20-22)32(23(16-35)17-36-28)37-25-9-10-30(27(33)13-25)42-18-21-7-5-8-24(34)12-21/h5,7-10,12-15,17,22,38H,2-4,6,11,18-20H2,1H3,(H,36,37). The summed E-state index contributed by atoms with van der Waals surface area (Å²) < 4.78 is 54.0. The number of fused-ring (bicyclic) bond motifs is 1. The summed E-state index contributed by atoms with van der Waals surface area (Å²) >= 11 is 6.52. The monoisotopic (exact) mass is 686 g/mol. The minimum Gasteiger partial charge on any atom is -0.492 e. The highest BCUT2D eigenvalue weighted by molar-refractivity contribution is 8.77. The largest absolute Gasteiger partial charge is 0.492 e. The predicted octanol–water partition coefficient (Wildman–Crippen LogP) is 8.54. The Labute approximate surface area is 275 Å². The van der Waals surface area contributed by atoms with Crippen molar-refractivity contribution in [2.75, 3.05) is 33.9 Å². The molecule has 13 heteroatoms. The predicted molar refractivity (Wildman–Crippen MR) is 183 cm³/mol. The van der Waals surface area contributed by atoms with Crippen LogP contribution in [0.25, 0.3) is 10.9 Å². The van der Waals surface area contributed by atoms with Gasteiger partial charge < -0.3 is 14.8 Å². The molecular formula is C32H32ClFN4O4S3. The lowest BCUT2D eigenvalue weighted by atomic mass is 10.1. The van der Waals surface area contributed by atoms with Crippen molar-refractivity contribution in [1.82, 2.24) is 4.98 Å². The van der Waals surface area contributed by atoms with Gasteiger partial charge in [0.05, 0.1) is 39.8 Å². The second kappa shape index (κ2) is 15.3. The number of nitriles is 1. The highest BCUT2D eigenvalue weighted by Gasteiger charge is 2.20. The van der Waals surface area contributed by atoms with Gasteiger partial charge in [0.1, 0.15) is 30.0 Å². The molecule has 0 saturated carbocycles.